The van der Waals surface area contributed by atoms with Gasteiger partial charge in [-0.25, -0.2) is 13.2 Å². The molecular weight excluding hydrogens is 534 g/mol. The minimum Gasteiger partial charge on any atom is -0.479 e. The van der Waals surface area contributed by atoms with Crippen LogP contribution in [-0.4, -0.2) is 131 Å². The van der Waals surface area contributed by atoms with Gasteiger partial charge in [-0.05, 0) is 0 Å². The lowest BCUT2D eigenvalue weighted by molar-refractivity contribution is -0.336. The fourth-order valence-electron chi connectivity index (χ4n) is 3.33. The smallest absolute Gasteiger partial charge is 0.397 e. The van der Waals surface area contributed by atoms with Crippen LogP contribution in [0.1, 0.15) is 6.92 Å². The zero-order valence-corrected chi connectivity index (χ0v) is 19.1. The summed E-state index contributed by atoms with van der Waals surface area (Å²) >= 11 is 0. The van der Waals surface area contributed by atoms with Crippen molar-refractivity contribution in [3.05, 3.63) is 0 Å². The number of hydrogen-bond donors (Lipinski definition) is 8. The first kappa shape index (κ1) is 29.6. The standard InChI is InChI=1S/C14H23NO18S2/c1-3(16)15-5-6(17)9(4(30-13(5)22)2-29-34(23,24)25)31-14-11(33-35(26,27)28)8(19)7(18)10(32-14)12(20)21/h4-11,13-14,17-19,22H,2H2,1H3,(H,15,16)(H,20,21)(H,23,24,25)(H,26,27,28)/t4-,5-,6-,7+,8+,9-,10-,11-,13+,14-/m1/s1. The van der Waals surface area contributed by atoms with Crippen molar-refractivity contribution < 1.29 is 83.6 Å². The zero-order valence-electron chi connectivity index (χ0n) is 17.4. The van der Waals surface area contributed by atoms with Crippen molar-refractivity contribution >= 4 is 32.7 Å². The maximum Gasteiger partial charge on any atom is 0.397 e. The van der Waals surface area contributed by atoms with Crippen molar-refractivity contribution in [3.8, 4) is 0 Å². The Morgan fingerprint density at radius 3 is 2.00 bits per heavy atom. The average molecular weight is 557 g/mol. The lowest BCUT2D eigenvalue weighted by Crippen LogP contribution is -2.67. The van der Waals surface area contributed by atoms with E-state index in [1.54, 1.807) is 0 Å². The second-order valence-electron chi connectivity index (χ2n) is 7.33. The van der Waals surface area contributed by atoms with Gasteiger partial charge in [-0.15, -0.1) is 0 Å². The second kappa shape index (κ2) is 11.2. The summed E-state index contributed by atoms with van der Waals surface area (Å²) in [6.45, 7) is -0.174. The van der Waals surface area contributed by atoms with E-state index in [1.807, 2.05) is 0 Å². The van der Waals surface area contributed by atoms with Gasteiger partial charge in [0.2, 0.25) is 5.91 Å². The third-order valence-corrected chi connectivity index (χ3v) is 5.66. The van der Waals surface area contributed by atoms with E-state index < -0.39 is 101 Å². The molecule has 8 N–H and O–H groups in total. The molecular formula is C14H23NO18S2. The van der Waals surface area contributed by atoms with Gasteiger partial charge in [0.25, 0.3) is 0 Å². The predicted molar refractivity (Wildman–Crippen MR) is 102 cm³/mol. The summed E-state index contributed by atoms with van der Waals surface area (Å²) < 4.78 is 85.7. The lowest BCUT2D eigenvalue weighted by Gasteiger charge is -2.46. The van der Waals surface area contributed by atoms with Crippen LogP contribution < -0.4 is 5.32 Å². The molecule has 2 aliphatic heterocycles. The number of ether oxygens (including phenoxy) is 3. The highest BCUT2D eigenvalue weighted by Crippen LogP contribution is 2.31. The van der Waals surface area contributed by atoms with Crippen molar-refractivity contribution in [2.75, 3.05) is 6.61 Å². The Bertz CT molecular complexity index is 985. The minimum absolute atomic E-state index is 0.797. The first-order valence-electron chi connectivity index (χ1n) is 9.37. The maximum atomic E-state index is 11.4. The number of aliphatic hydroxyl groups is 4. The second-order valence-corrected chi connectivity index (χ2v) is 9.47. The first-order valence-corrected chi connectivity index (χ1v) is 12.1. The quantitative estimate of drug-likeness (QED) is 0.123. The Hall–Kier alpha value is -1.60. The molecule has 204 valence electrons. The number of carboxylic acids is 1. The van der Waals surface area contributed by atoms with Crippen LogP contribution in [0.25, 0.3) is 0 Å². The fourth-order valence-corrected chi connectivity index (χ4v) is 4.12. The van der Waals surface area contributed by atoms with Gasteiger partial charge in [0.15, 0.2) is 24.8 Å². The van der Waals surface area contributed by atoms with E-state index in [4.69, 9.17) is 23.3 Å². The van der Waals surface area contributed by atoms with Crippen molar-refractivity contribution in [1.82, 2.24) is 5.32 Å². The minimum atomic E-state index is -5.39. The van der Waals surface area contributed by atoms with Crippen molar-refractivity contribution in [2.45, 2.75) is 68.3 Å². The zero-order chi connectivity index (χ0) is 26.9. The Morgan fingerprint density at radius 1 is 0.914 bits per heavy atom. The molecule has 2 aliphatic rings. The molecule has 2 saturated heterocycles. The predicted octanol–water partition coefficient (Wildman–Crippen LogP) is -5.51. The van der Waals surface area contributed by atoms with E-state index >= 15 is 0 Å². The lowest BCUT2D eigenvalue weighted by atomic mass is 9.95. The van der Waals surface area contributed by atoms with E-state index in [9.17, 15) is 52.0 Å². The van der Waals surface area contributed by atoms with Crippen molar-refractivity contribution in [3.63, 3.8) is 0 Å². The molecule has 2 rings (SSSR count). The summed E-state index contributed by atoms with van der Waals surface area (Å²) in [4.78, 5) is 22.8. The van der Waals surface area contributed by atoms with Crippen molar-refractivity contribution in [2.24, 2.45) is 0 Å². The van der Waals surface area contributed by atoms with Gasteiger partial charge in [0.05, 0.1) is 6.61 Å². The third kappa shape index (κ3) is 7.94. The van der Waals surface area contributed by atoms with E-state index in [-0.39, 0.29) is 0 Å². The summed E-state index contributed by atoms with van der Waals surface area (Å²) in [6.07, 6.45) is -19.5. The molecule has 2 fully saturated rings. The number of carbonyl (C=O) groups is 2. The van der Waals surface area contributed by atoms with Crippen LogP contribution in [0.2, 0.25) is 0 Å². The van der Waals surface area contributed by atoms with Gasteiger partial charge in [-0.1, -0.05) is 0 Å². The molecule has 0 aromatic heterocycles. The van der Waals surface area contributed by atoms with Gasteiger partial charge >= 0.3 is 26.8 Å². The highest BCUT2D eigenvalue weighted by atomic mass is 32.3. The molecule has 0 spiro atoms. The van der Waals surface area contributed by atoms with Crippen LogP contribution in [0.5, 0.6) is 0 Å². The Balaban J connectivity index is 2.43. The van der Waals surface area contributed by atoms with E-state index in [0.29, 0.717) is 0 Å². The Kier molecular flexibility index (Phi) is 9.48. The number of hydrogen-bond acceptors (Lipinski definition) is 15. The molecule has 0 bridgehead atoms. The van der Waals surface area contributed by atoms with Crippen molar-refractivity contribution in [1.29, 1.82) is 0 Å². The van der Waals surface area contributed by atoms with Gasteiger partial charge < -0.3 is 45.1 Å². The molecule has 0 radical (unpaired) electrons. The van der Waals surface area contributed by atoms with Crippen LogP contribution in [0.4, 0.5) is 0 Å². The van der Waals surface area contributed by atoms with E-state index in [2.05, 4.69) is 13.7 Å². The third-order valence-electron chi connectivity index (χ3n) is 4.76. The number of aliphatic carboxylic acids is 1. The maximum absolute atomic E-state index is 11.4. The first-order chi connectivity index (χ1) is 15.9. The van der Waals surface area contributed by atoms with Gasteiger partial charge in [-0.3, -0.25) is 13.9 Å². The Morgan fingerprint density at radius 2 is 1.51 bits per heavy atom. The van der Waals surface area contributed by atoms with Gasteiger partial charge in [-0.2, -0.15) is 16.8 Å². The van der Waals surface area contributed by atoms with Crippen LogP contribution in [0.3, 0.4) is 0 Å². The summed E-state index contributed by atoms with van der Waals surface area (Å²) in [5, 5.41) is 52.1. The molecule has 21 heteroatoms. The molecule has 10 atom stereocenters. The fraction of sp³-hybridized carbons (Fsp3) is 0.857. The molecule has 0 aromatic rings. The highest BCUT2D eigenvalue weighted by Gasteiger charge is 2.54. The van der Waals surface area contributed by atoms with Crippen LogP contribution in [-0.2, 0) is 53.0 Å². The molecule has 1 amide bonds. The van der Waals surface area contributed by atoms with Crippen LogP contribution >= 0.6 is 0 Å². The van der Waals surface area contributed by atoms with E-state index in [1.165, 1.54) is 0 Å². The van der Waals surface area contributed by atoms with Crippen LogP contribution in [0.15, 0.2) is 0 Å². The summed E-state index contributed by atoms with van der Waals surface area (Å²) in [7, 11) is -10.5. The number of carbonyl (C=O) groups excluding carboxylic acids is 1. The average Bonchev–Trinajstić information content (AvgIpc) is 2.69. The number of carboxylic acid groups (broad SMARTS) is 1. The number of rotatable bonds is 9. The van der Waals surface area contributed by atoms with Crippen LogP contribution in [0, 0.1) is 0 Å². The monoisotopic (exact) mass is 557 g/mol. The highest BCUT2D eigenvalue weighted by molar-refractivity contribution is 7.81. The summed E-state index contributed by atoms with van der Waals surface area (Å²) in [5.74, 6) is -2.66. The molecule has 0 aliphatic carbocycles. The number of aliphatic hydroxyl groups excluding tert-OH is 4. The Labute approximate surface area is 197 Å². The molecule has 0 aromatic carbocycles. The molecule has 35 heavy (non-hydrogen) atoms. The summed E-state index contributed by atoms with van der Waals surface area (Å²) in [5.41, 5.74) is 0. The molecule has 19 nitrogen and oxygen atoms in total. The summed E-state index contributed by atoms with van der Waals surface area (Å²) in [6, 6.07) is -1.67. The number of nitrogens with one attached hydrogen (secondary N) is 1. The van der Waals surface area contributed by atoms with Gasteiger partial charge in [0, 0.05) is 6.92 Å². The number of amides is 1. The largest absolute Gasteiger partial charge is 0.479 e. The molecule has 0 saturated carbocycles. The van der Waals surface area contributed by atoms with Gasteiger partial charge in [0.1, 0.15) is 36.6 Å². The molecule has 2 heterocycles. The molecule has 0 unspecified atom stereocenters. The SMILES string of the molecule is CC(=O)N[C@@H]1[C@@H](O)[C@H](O[C@@H]2O[C@@H](C(=O)O)[C@@H](O)[C@H](O)[C@H]2OS(=O)(=O)O)[C@@H](COS(=O)(=O)O)O[C@@H]1O. The topological polar surface area (TPSA) is 302 Å². The normalized spacial score (nSPS) is 38.6. The van der Waals surface area contributed by atoms with E-state index in [0.717, 1.165) is 6.92 Å².